The van der Waals surface area contributed by atoms with Crippen molar-refractivity contribution in [3.8, 4) is 5.75 Å². The van der Waals surface area contributed by atoms with Gasteiger partial charge in [0.2, 0.25) is 0 Å². The number of ether oxygens (including phenoxy) is 1. The zero-order chi connectivity index (χ0) is 11.7. The van der Waals surface area contributed by atoms with Crippen molar-refractivity contribution in [3.05, 3.63) is 29.8 Å². The molecule has 17 heavy (non-hydrogen) atoms. The van der Waals surface area contributed by atoms with Gasteiger partial charge in [0.1, 0.15) is 11.9 Å². The molecule has 1 saturated carbocycles. The van der Waals surface area contributed by atoms with Crippen LogP contribution in [0.4, 0.5) is 0 Å². The summed E-state index contributed by atoms with van der Waals surface area (Å²) in [6, 6.07) is 8.99. The fourth-order valence-electron chi connectivity index (χ4n) is 2.71. The van der Waals surface area contributed by atoms with E-state index >= 15 is 0 Å². The Morgan fingerprint density at radius 1 is 1.29 bits per heavy atom. The van der Waals surface area contributed by atoms with Gasteiger partial charge in [0.05, 0.1) is 0 Å². The molecule has 2 aliphatic rings. The lowest BCUT2D eigenvalue weighted by atomic mass is 9.94. The van der Waals surface area contributed by atoms with Crippen molar-refractivity contribution in [1.29, 1.82) is 0 Å². The minimum absolute atomic E-state index is 0.444. The van der Waals surface area contributed by atoms with Gasteiger partial charge in [-0.2, -0.15) is 0 Å². The first-order valence-corrected chi connectivity index (χ1v) is 6.87. The van der Waals surface area contributed by atoms with Crippen LogP contribution in [0.3, 0.4) is 0 Å². The number of nitrogens with one attached hydrogen (secondary N) is 1. The number of hydrogen-bond donors (Lipinski definition) is 1. The summed E-state index contributed by atoms with van der Waals surface area (Å²) < 4.78 is 6.13. The van der Waals surface area contributed by atoms with E-state index in [0.717, 1.165) is 24.6 Å². The first-order valence-electron chi connectivity index (χ1n) is 6.87. The van der Waals surface area contributed by atoms with Crippen molar-refractivity contribution in [2.75, 3.05) is 6.54 Å². The van der Waals surface area contributed by atoms with Gasteiger partial charge in [0.25, 0.3) is 0 Å². The van der Waals surface area contributed by atoms with E-state index in [4.69, 9.17) is 4.74 Å². The fraction of sp³-hybridized carbons (Fsp3) is 0.600. The molecule has 1 heterocycles. The van der Waals surface area contributed by atoms with Crippen molar-refractivity contribution in [1.82, 2.24) is 5.32 Å². The van der Waals surface area contributed by atoms with E-state index in [-0.39, 0.29) is 0 Å². The maximum absolute atomic E-state index is 6.13. The van der Waals surface area contributed by atoms with Gasteiger partial charge < -0.3 is 10.1 Å². The largest absolute Gasteiger partial charge is 0.490 e. The van der Waals surface area contributed by atoms with Crippen molar-refractivity contribution in [2.45, 2.75) is 44.8 Å². The van der Waals surface area contributed by atoms with E-state index in [1.54, 1.807) is 0 Å². The molecular weight excluding hydrogens is 210 g/mol. The summed E-state index contributed by atoms with van der Waals surface area (Å²) in [4.78, 5) is 0. The Balaban J connectivity index is 1.81. The monoisotopic (exact) mass is 231 g/mol. The molecule has 1 aliphatic heterocycles. The molecule has 1 aliphatic carbocycles. The Morgan fingerprint density at radius 2 is 2.12 bits per heavy atom. The van der Waals surface area contributed by atoms with Gasteiger partial charge in [-0.05, 0) is 37.8 Å². The Bertz CT molecular complexity index is 386. The second kappa shape index (κ2) is 4.69. The summed E-state index contributed by atoms with van der Waals surface area (Å²) in [5.41, 5.74) is 1.35. The molecule has 1 aromatic carbocycles. The Hall–Kier alpha value is -1.02. The van der Waals surface area contributed by atoms with Crippen molar-refractivity contribution < 1.29 is 4.74 Å². The van der Waals surface area contributed by atoms with Crippen LogP contribution < -0.4 is 10.1 Å². The summed E-state index contributed by atoms with van der Waals surface area (Å²) >= 11 is 0. The summed E-state index contributed by atoms with van der Waals surface area (Å²) in [6.45, 7) is 3.31. The molecule has 2 unspecified atom stereocenters. The third-order valence-corrected chi connectivity index (χ3v) is 3.83. The molecule has 0 bridgehead atoms. The highest BCUT2D eigenvalue weighted by molar-refractivity contribution is 5.38. The lowest BCUT2D eigenvalue weighted by molar-refractivity contribution is 0.129. The van der Waals surface area contributed by atoms with E-state index in [2.05, 4.69) is 36.5 Å². The first kappa shape index (κ1) is 11.1. The standard InChI is InChI=1S/C15H21NO/c1-2-9-16-13-10-15(11-7-8-11)17-14-6-4-3-5-12(13)14/h3-6,11,13,15-16H,2,7-10H2,1H3. The average molecular weight is 231 g/mol. The maximum Gasteiger partial charge on any atom is 0.124 e. The zero-order valence-corrected chi connectivity index (χ0v) is 10.5. The van der Waals surface area contributed by atoms with Gasteiger partial charge in [-0.1, -0.05) is 25.1 Å². The van der Waals surface area contributed by atoms with Crippen molar-refractivity contribution in [2.24, 2.45) is 5.92 Å². The average Bonchev–Trinajstić information content (AvgIpc) is 3.20. The van der Waals surface area contributed by atoms with Crippen LogP contribution in [0.15, 0.2) is 24.3 Å². The van der Waals surface area contributed by atoms with Crippen LogP contribution in [0.25, 0.3) is 0 Å². The molecule has 0 spiro atoms. The van der Waals surface area contributed by atoms with Gasteiger partial charge in [-0.3, -0.25) is 0 Å². The van der Waals surface area contributed by atoms with Crippen molar-refractivity contribution >= 4 is 0 Å². The SMILES string of the molecule is CCCNC1CC(C2CC2)Oc2ccccc21. The molecule has 1 fully saturated rings. The maximum atomic E-state index is 6.13. The van der Waals surface area contributed by atoms with E-state index < -0.39 is 0 Å². The number of benzene rings is 1. The third kappa shape index (κ3) is 2.32. The first-order chi connectivity index (χ1) is 8.38. The van der Waals surface area contributed by atoms with Crippen LogP contribution >= 0.6 is 0 Å². The normalized spacial score (nSPS) is 27.4. The number of rotatable bonds is 4. The summed E-state index contributed by atoms with van der Waals surface area (Å²) in [5, 5.41) is 3.66. The molecule has 2 heteroatoms. The van der Waals surface area contributed by atoms with Crippen LogP contribution in [-0.4, -0.2) is 12.6 Å². The number of hydrogen-bond acceptors (Lipinski definition) is 2. The third-order valence-electron chi connectivity index (χ3n) is 3.83. The molecule has 92 valence electrons. The van der Waals surface area contributed by atoms with Gasteiger partial charge >= 0.3 is 0 Å². The highest BCUT2D eigenvalue weighted by atomic mass is 16.5. The van der Waals surface area contributed by atoms with Crippen LogP contribution in [0.5, 0.6) is 5.75 Å². The van der Waals surface area contributed by atoms with Gasteiger partial charge in [0.15, 0.2) is 0 Å². The number of fused-ring (bicyclic) bond motifs is 1. The summed E-state index contributed by atoms with van der Waals surface area (Å²) in [6.07, 6.45) is 5.48. The van der Waals surface area contributed by atoms with E-state index in [0.29, 0.717) is 12.1 Å². The van der Waals surface area contributed by atoms with Gasteiger partial charge in [0, 0.05) is 18.0 Å². The quantitative estimate of drug-likeness (QED) is 0.858. The Morgan fingerprint density at radius 3 is 2.88 bits per heavy atom. The molecule has 2 atom stereocenters. The van der Waals surface area contributed by atoms with Crippen LogP contribution in [-0.2, 0) is 0 Å². The summed E-state index contributed by atoms with van der Waals surface area (Å²) in [7, 11) is 0. The summed E-state index contributed by atoms with van der Waals surface area (Å²) in [5.74, 6) is 1.92. The predicted molar refractivity (Wildman–Crippen MR) is 69.2 cm³/mol. The molecule has 1 aromatic rings. The molecule has 0 aromatic heterocycles. The minimum Gasteiger partial charge on any atom is -0.490 e. The van der Waals surface area contributed by atoms with Crippen LogP contribution in [0.1, 0.15) is 44.2 Å². The predicted octanol–water partition coefficient (Wildman–Crippen LogP) is 3.29. The Kier molecular flexibility index (Phi) is 3.06. The molecule has 0 amide bonds. The fourth-order valence-corrected chi connectivity index (χ4v) is 2.71. The minimum atomic E-state index is 0.444. The van der Waals surface area contributed by atoms with Gasteiger partial charge in [-0.15, -0.1) is 0 Å². The molecular formula is C15H21NO. The van der Waals surface area contributed by atoms with E-state index in [9.17, 15) is 0 Å². The second-order valence-electron chi connectivity index (χ2n) is 5.27. The topological polar surface area (TPSA) is 21.3 Å². The smallest absolute Gasteiger partial charge is 0.124 e. The van der Waals surface area contributed by atoms with E-state index in [1.165, 1.54) is 24.8 Å². The van der Waals surface area contributed by atoms with E-state index in [1.807, 2.05) is 0 Å². The van der Waals surface area contributed by atoms with Gasteiger partial charge in [-0.25, -0.2) is 0 Å². The highest BCUT2D eigenvalue weighted by Crippen LogP contribution is 2.43. The molecule has 0 saturated heterocycles. The lowest BCUT2D eigenvalue weighted by Gasteiger charge is -2.33. The molecule has 1 N–H and O–H groups in total. The molecule has 0 radical (unpaired) electrons. The second-order valence-corrected chi connectivity index (χ2v) is 5.27. The van der Waals surface area contributed by atoms with Crippen molar-refractivity contribution in [3.63, 3.8) is 0 Å². The molecule has 2 nitrogen and oxygen atoms in total. The van der Waals surface area contributed by atoms with Crippen LogP contribution in [0.2, 0.25) is 0 Å². The Labute approximate surface area is 103 Å². The zero-order valence-electron chi connectivity index (χ0n) is 10.5. The lowest BCUT2D eigenvalue weighted by Crippen LogP contribution is -2.34. The highest BCUT2D eigenvalue weighted by Gasteiger charge is 2.38. The molecule has 3 rings (SSSR count). The van der Waals surface area contributed by atoms with Crippen LogP contribution in [0, 0.1) is 5.92 Å². The number of para-hydroxylation sites is 1.